The number of nitrogens with two attached hydrogens (primary N) is 1. The van der Waals surface area contributed by atoms with Gasteiger partial charge in [0, 0.05) is 22.0 Å². The summed E-state index contributed by atoms with van der Waals surface area (Å²) in [5.74, 6) is -1.08. The number of hydrogen-bond acceptors (Lipinski definition) is 5. The Morgan fingerprint density at radius 3 is 2.71 bits per heavy atom. The first-order valence-electron chi connectivity index (χ1n) is 6.54. The van der Waals surface area contributed by atoms with Crippen molar-refractivity contribution in [1.82, 2.24) is 0 Å². The second-order valence-electron chi connectivity index (χ2n) is 4.49. The zero-order valence-corrected chi connectivity index (χ0v) is 12.7. The number of anilines is 2. The van der Waals surface area contributed by atoms with Gasteiger partial charge in [0.25, 0.3) is 0 Å². The molecule has 1 aromatic carbocycles. The summed E-state index contributed by atoms with van der Waals surface area (Å²) in [7, 11) is 1.26. The molecule has 2 aromatic rings. The molecule has 112 valence electrons. The lowest BCUT2D eigenvalue weighted by atomic mass is 10.1. The van der Waals surface area contributed by atoms with Crippen LogP contribution in [0.25, 0.3) is 0 Å². The number of hydrogen-bond donors (Lipinski definition) is 2. The van der Waals surface area contributed by atoms with Crippen LogP contribution in [0.4, 0.5) is 15.8 Å². The highest BCUT2D eigenvalue weighted by molar-refractivity contribution is 7.12. The summed E-state index contributed by atoms with van der Waals surface area (Å²) in [6, 6.07) is 6.57. The van der Waals surface area contributed by atoms with Gasteiger partial charge in [-0.2, -0.15) is 0 Å². The molecule has 21 heavy (non-hydrogen) atoms. The van der Waals surface area contributed by atoms with E-state index in [1.165, 1.54) is 18.1 Å². The molecule has 0 amide bonds. The molecule has 0 saturated heterocycles. The number of esters is 1. The highest BCUT2D eigenvalue weighted by atomic mass is 32.1. The molecular weight excluding hydrogens is 291 g/mol. The van der Waals surface area contributed by atoms with Crippen LogP contribution >= 0.6 is 11.3 Å². The first-order chi connectivity index (χ1) is 10.0. The van der Waals surface area contributed by atoms with Gasteiger partial charge in [0.2, 0.25) is 0 Å². The predicted octanol–water partition coefficient (Wildman–Crippen LogP) is 3.43. The molecule has 0 spiro atoms. The van der Waals surface area contributed by atoms with Gasteiger partial charge >= 0.3 is 5.97 Å². The van der Waals surface area contributed by atoms with Crippen LogP contribution in [0.5, 0.6) is 0 Å². The van der Waals surface area contributed by atoms with Gasteiger partial charge in [0.15, 0.2) is 0 Å². The molecule has 0 atom stereocenters. The maximum atomic E-state index is 13.9. The number of halogens is 1. The minimum atomic E-state index is -0.583. The smallest absolute Gasteiger partial charge is 0.340 e. The Hall–Kier alpha value is -2.08. The predicted molar refractivity (Wildman–Crippen MR) is 83.2 cm³/mol. The van der Waals surface area contributed by atoms with E-state index in [2.05, 4.69) is 23.0 Å². The standard InChI is InChI=1S/C15H17FN2O2S/c1-3-9-4-5-10(21-9)8-18-14-6-11(15(19)20-2)13(17)7-12(14)16/h4-7,18H,3,8,17H2,1-2H3. The topological polar surface area (TPSA) is 64.3 Å². The number of nitrogen functional groups attached to an aromatic ring is 1. The van der Waals surface area contributed by atoms with Crippen LogP contribution in [0.2, 0.25) is 0 Å². The van der Waals surface area contributed by atoms with Crippen molar-refractivity contribution in [1.29, 1.82) is 0 Å². The highest BCUT2D eigenvalue weighted by Gasteiger charge is 2.14. The number of carbonyl (C=O) groups excluding carboxylic acids is 1. The minimum absolute atomic E-state index is 0.0642. The highest BCUT2D eigenvalue weighted by Crippen LogP contribution is 2.24. The second-order valence-corrected chi connectivity index (χ2v) is 5.74. The molecule has 0 fully saturated rings. The third-order valence-electron chi connectivity index (χ3n) is 3.06. The molecule has 6 heteroatoms. The van der Waals surface area contributed by atoms with Gasteiger partial charge in [-0.1, -0.05) is 6.92 Å². The lowest BCUT2D eigenvalue weighted by molar-refractivity contribution is 0.0602. The fourth-order valence-electron chi connectivity index (χ4n) is 1.90. The summed E-state index contributed by atoms with van der Waals surface area (Å²) in [4.78, 5) is 13.9. The van der Waals surface area contributed by atoms with Crippen molar-refractivity contribution < 1.29 is 13.9 Å². The van der Waals surface area contributed by atoms with Gasteiger partial charge in [-0.15, -0.1) is 11.3 Å². The maximum Gasteiger partial charge on any atom is 0.340 e. The van der Waals surface area contributed by atoms with Gasteiger partial charge in [-0.3, -0.25) is 0 Å². The van der Waals surface area contributed by atoms with E-state index in [1.807, 2.05) is 6.07 Å². The Morgan fingerprint density at radius 1 is 1.38 bits per heavy atom. The minimum Gasteiger partial charge on any atom is -0.465 e. The molecule has 3 N–H and O–H groups in total. The summed E-state index contributed by atoms with van der Waals surface area (Å²) in [6.07, 6.45) is 0.980. The van der Waals surface area contributed by atoms with Crippen molar-refractivity contribution in [2.45, 2.75) is 19.9 Å². The van der Waals surface area contributed by atoms with E-state index in [0.29, 0.717) is 6.54 Å². The lowest BCUT2D eigenvalue weighted by Crippen LogP contribution is -2.09. The molecule has 1 aromatic heterocycles. The zero-order valence-electron chi connectivity index (χ0n) is 11.9. The van der Waals surface area contributed by atoms with Gasteiger partial charge in [-0.25, -0.2) is 9.18 Å². The molecule has 0 aliphatic heterocycles. The zero-order chi connectivity index (χ0) is 15.4. The number of rotatable bonds is 5. The molecule has 0 unspecified atom stereocenters. The SMILES string of the molecule is CCc1ccc(CNc2cc(C(=O)OC)c(N)cc2F)s1. The lowest BCUT2D eigenvalue weighted by Gasteiger charge is -2.10. The number of aryl methyl sites for hydroxylation is 1. The van der Waals surface area contributed by atoms with E-state index in [9.17, 15) is 9.18 Å². The number of carbonyl (C=O) groups is 1. The summed E-state index contributed by atoms with van der Waals surface area (Å²) in [5, 5.41) is 2.99. The van der Waals surface area contributed by atoms with Gasteiger partial charge in [0.05, 0.1) is 18.4 Å². The van der Waals surface area contributed by atoms with E-state index >= 15 is 0 Å². The van der Waals surface area contributed by atoms with Crippen LogP contribution in [0.15, 0.2) is 24.3 Å². The van der Waals surface area contributed by atoms with E-state index < -0.39 is 11.8 Å². The fourth-order valence-corrected chi connectivity index (χ4v) is 2.80. The summed E-state index contributed by atoms with van der Waals surface area (Å²) in [5.41, 5.74) is 6.08. The van der Waals surface area contributed by atoms with Crippen molar-refractivity contribution in [3.63, 3.8) is 0 Å². The number of nitrogens with one attached hydrogen (secondary N) is 1. The van der Waals surface area contributed by atoms with Gasteiger partial charge in [-0.05, 0) is 30.7 Å². The van der Waals surface area contributed by atoms with Gasteiger partial charge < -0.3 is 15.8 Å². The molecule has 1 heterocycles. The quantitative estimate of drug-likeness (QED) is 0.656. The molecule has 0 radical (unpaired) electrons. The van der Waals surface area contributed by atoms with Crippen LogP contribution in [-0.4, -0.2) is 13.1 Å². The number of ether oxygens (including phenoxy) is 1. The van der Waals surface area contributed by atoms with Crippen LogP contribution in [-0.2, 0) is 17.7 Å². The average molecular weight is 308 g/mol. The molecule has 0 aliphatic carbocycles. The van der Waals surface area contributed by atoms with Crippen molar-refractivity contribution in [3.8, 4) is 0 Å². The molecule has 0 saturated carbocycles. The third-order valence-corrected chi connectivity index (χ3v) is 4.29. The van der Waals surface area contributed by atoms with Crippen LogP contribution in [0.3, 0.4) is 0 Å². The van der Waals surface area contributed by atoms with Gasteiger partial charge in [0.1, 0.15) is 5.82 Å². The molecule has 2 rings (SSSR count). The van der Waals surface area contributed by atoms with E-state index in [0.717, 1.165) is 17.4 Å². The molecule has 4 nitrogen and oxygen atoms in total. The summed E-state index contributed by atoms with van der Waals surface area (Å²) >= 11 is 1.67. The number of methoxy groups -OCH3 is 1. The normalized spacial score (nSPS) is 10.4. The average Bonchev–Trinajstić information content (AvgIpc) is 2.93. The van der Waals surface area contributed by atoms with Crippen molar-refractivity contribution in [3.05, 3.63) is 45.4 Å². The van der Waals surface area contributed by atoms with Crippen LogP contribution in [0, 0.1) is 5.82 Å². The Balaban J connectivity index is 2.17. The fraction of sp³-hybridized carbons (Fsp3) is 0.267. The Bertz CT molecular complexity index is 655. The monoisotopic (exact) mass is 308 g/mol. The number of benzene rings is 1. The van der Waals surface area contributed by atoms with Crippen LogP contribution < -0.4 is 11.1 Å². The number of thiophene rings is 1. The Kier molecular flexibility index (Phi) is 4.80. The Labute approximate surface area is 126 Å². The molecular formula is C15H17FN2O2S. The van der Waals surface area contributed by atoms with E-state index in [4.69, 9.17) is 5.73 Å². The first-order valence-corrected chi connectivity index (χ1v) is 7.35. The largest absolute Gasteiger partial charge is 0.465 e. The van der Waals surface area contributed by atoms with E-state index in [1.54, 1.807) is 11.3 Å². The van der Waals surface area contributed by atoms with Crippen molar-refractivity contribution in [2.24, 2.45) is 0 Å². The first kappa shape index (κ1) is 15.3. The summed E-state index contributed by atoms with van der Waals surface area (Å²) in [6.45, 7) is 2.58. The Morgan fingerprint density at radius 2 is 2.10 bits per heavy atom. The van der Waals surface area contributed by atoms with E-state index in [-0.39, 0.29) is 16.9 Å². The van der Waals surface area contributed by atoms with Crippen LogP contribution in [0.1, 0.15) is 27.0 Å². The third kappa shape index (κ3) is 3.52. The van der Waals surface area contributed by atoms with Crippen molar-refractivity contribution >= 4 is 28.7 Å². The molecule has 0 bridgehead atoms. The molecule has 0 aliphatic rings. The van der Waals surface area contributed by atoms with Crippen molar-refractivity contribution in [2.75, 3.05) is 18.2 Å². The summed E-state index contributed by atoms with van der Waals surface area (Å²) < 4.78 is 18.5. The second kappa shape index (κ2) is 6.58. The maximum absolute atomic E-state index is 13.9.